The summed E-state index contributed by atoms with van der Waals surface area (Å²) in [7, 11) is 0. The van der Waals surface area contributed by atoms with Gasteiger partial charge in [0.1, 0.15) is 11.5 Å². The first kappa shape index (κ1) is 19.8. The summed E-state index contributed by atoms with van der Waals surface area (Å²) in [5.74, 6) is -0.520. The average molecular weight is 406 g/mol. The summed E-state index contributed by atoms with van der Waals surface area (Å²) >= 11 is 0. The zero-order valence-corrected chi connectivity index (χ0v) is 16.8. The molecule has 0 spiro atoms. The Morgan fingerprint density at radius 2 is 2.07 bits per heavy atom. The predicted octanol–water partition coefficient (Wildman–Crippen LogP) is 3.06. The van der Waals surface area contributed by atoms with Gasteiger partial charge in [-0.15, -0.1) is 0 Å². The number of aromatic nitrogens is 2. The Kier molecular flexibility index (Phi) is 5.61. The molecule has 3 heterocycles. The highest BCUT2D eigenvalue weighted by atomic mass is 19.1. The molecule has 1 aromatic carbocycles. The highest BCUT2D eigenvalue weighted by molar-refractivity contribution is 5.92. The molecule has 1 aliphatic rings. The Labute approximate surface area is 174 Å². The molecule has 1 aliphatic heterocycles. The van der Waals surface area contributed by atoms with E-state index < -0.39 is 0 Å². The van der Waals surface area contributed by atoms with Gasteiger partial charge in [0.05, 0.1) is 12.2 Å². The van der Waals surface area contributed by atoms with Crippen molar-refractivity contribution >= 4 is 23.5 Å². The van der Waals surface area contributed by atoms with E-state index in [4.69, 9.17) is 0 Å². The first-order chi connectivity index (χ1) is 14.5. The minimum atomic E-state index is -0.345. The van der Waals surface area contributed by atoms with E-state index in [0.717, 1.165) is 16.9 Å². The second-order valence-corrected chi connectivity index (χ2v) is 7.43. The number of halogens is 1. The van der Waals surface area contributed by atoms with E-state index in [-0.39, 0.29) is 24.1 Å². The quantitative estimate of drug-likeness (QED) is 0.626. The van der Waals surface area contributed by atoms with Gasteiger partial charge < -0.3 is 14.2 Å². The molecule has 0 unspecified atom stereocenters. The van der Waals surface area contributed by atoms with Gasteiger partial charge in [-0.3, -0.25) is 9.59 Å². The number of carbonyl (C=O) groups is 2. The lowest BCUT2D eigenvalue weighted by molar-refractivity contribution is -0.131. The number of carbonyl (C=O) groups excluding carboxylic acids is 2. The lowest BCUT2D eigenvalue weighted by Gasteiger charge is -2.20. The van der Waals surface area contributed by atoms with Crippen LogP contribution < -0.4 is 0 Å². The minimum Gasteiger partial charge on any atom is -0.337 e. The molecule has 0 bridgehead atoms. The molecule has 0 aliphatic carbocycles. The molecule has 0 saturated carbocycles. The molecule has 1 saturated heterocycles. The normalized spacial score (nSPS) is 15.2. The summed E-state index contributed by atoms with van der Waals surface area (Å²) < 4.78 is 15.2. The van der Waals surface area contributed by atoms with Crippen LogP contribution in [-0.2, 0) is 16.1 Å². The summed E-state index contributed by atoms with van der Waals surface area (Å²) in [6.07, 6.45) is 7.17. The summed E-state index contributed by atoms with van der Waals surface area (Å²) in [6, 6.07) is 10.0. The lowest BCUT2D eigenvalue weighted by atomic mass is 10.2. The molecule has 4 rings (SSSR count). The number of rotatable bonds is 4. The summed E-state index contributed by atoms with van der Waals surface area (Å²) in [5.41, 5.74) is 3.41. The lowest BCUT2D eigenvalue weighted by Crippen LogP contribution is -2.34. The third-order valence-corrected chi connectivity index (χ3v) is 5.25. The van der Waals surface area contributed by atoms with Crippen LogP contribution in [0.3, 0.4) is 0 Å². The van der Waals surface area contributed by atoms with Gasteiger partial charge in [-0.2, -0.15) is 0 Å². The van der Waals surface area contributed by atoms with Gasteiger partial charge in [0.25, 0.3) is 0 Å². The fraction of sp³-hybridized carbons (Fsp3) is 0.261. The van der Waals surface area contributed by atoms with Crippen molar-refractivity contribution in [2.45, 2.75) is 19.9 Å². The summed E-state index contributed by atoms with van der Waals surface area (Å²) in [5, 5.41) is 0. The van der Waals surface area contributed by atoms with E-state index in [2.05, 4.69) is 4.98 Å². The van der Waals surface area contributed by atoms with Crippen LogP contribution >= 0.6 is 0 Å². The number of imidazole rings is 1. The molecule has 2 aromatic heterocycles. The molecular formula is C23H23FN4O2. The van der Waals surface area contributed by atoms with Gasteiger partial charge >= 0.3 is 0 Å². The van der Waals surface area contributed by atoms with Crippen LogP contribution in [0.5, 0.6) is 0 Å². The Balaban J connectivity index is 1.41. The fourth-order valence-corrected chi connectivity index (χ4v) is 3.61. The largest absolute Gasteiger partial charge is 0.337 e. The third-order valence-electron chi connectivity index (χ3n) is 5.25. The number of hydrogen-bond donors (Lipinski definition) is 0. The Hall–Kier alpha value is -3.48. The van der Waals surface area contributed by atoms with E-state index in [9.17, 15) is 14.0 Å². The maximum atomic E-state index is 13.3. The van der Waals surface area contributed by atoms with E-state index in [1.807, 2.05) is 35.9 Å². The highest BCUT2D eigenvalue weighted by Gasteiger charge is 2.23. The zero-order valence-electron chi connectivity index (χ0n) is 16.8. The van der Waals surface area contributed by atoms with Gasteiger partial charge in [-0.1, -0.05) is 18.2 Å². The maximum Gasteiger partial charge on any atom is 0.246 e. The first-order valence-corrected chi connectivity index (χ1v) is 9.93. The van der Waals surface area contributed by atoms with Crippen molar-refractivity contribution in [3.63, 3.8) is 0 Å². The second-order valence-electron chi connectivity index (χ2n) is 7.43. The Bertz CT molecular complexity index is 1120. The van der Waals surface area contributed by atoms with Crippen molar-refractivity contribution in [1.82, 2.24) is 19.2 Å². The van der Waals surface area contributed by atoms with Crippen molar-refractivity contribution in [3.8, 4) is 0 Å². The molecule has 0 N–H and O–H groups in total. The molecule has 3 aromatic rings. The molecule has 0 radical (unpaired) electrons. The second kappa shape index (κ2) is 8.49. The van der Waals surface area contributed by atoms with Crippen LogP contribution in [0.15, 0.2) is 54.9 Å². The number of amides is 2. The van der Waals surface area contributed by atoms with Gasteiger partial charge in [-0.05, 0) is 42.3 Å². The first-order valence-electron chi connectivity index (χ1n) is 9.93. The van der Waals surface area contributed by atoms with Gasteiger partial charge in [0.2, 0.25) is 11.8 Å². The molecule has 6 nitrogen and oxygen atoms in total. The van der Waals surface area contributed by atoms with E-state index in [1.54, 1.807) is 28.0 Å². The summed E-state index contributed by atoms with van der Waals surface area (Å²) in [6.45, 7) is 3.69. The van der Waals surface area contributed by atoms with E-state index in [1.165, 1.54) is 18.2 Å². The molecule has 1 fully saturated rings. The Morgan fingerprint density at radius 3 is 2.87 bits per heavy atom. The highest BCUT2D eigenvalue weighted by Crippen LogP contribution is 2.14. The van der Waals surface area contributed by atoms with Crippen LogP contribution in [0, 0.1) is 12.7 Å². The van der Waals surface area contributed by atoms with Crippen LogP contribution in [0.2, 0.25) is 0 Å². The number of pyridine rings is 1. The fourth-order valence-electron chi connectivity index (χ4n) is 3.61. The number of aryl methyl sites for hydroxylation is 1. The smallest absolute Gasteiger partial charge is 0.246 e. The van der Waals surface area contributed by atoms with Crippen LogP contribution in [-0.4, -0.2) is 50.6 Å². The zero-order chi connectivity index (χ0) is 21.1. The molecule has 0 atom stereocenters. The number of fused-ring (bicyclic) bond motifs is 1. The SMILES string of the molecule is Cc1cccn2cc(CN3CCN(C(=O)/C=C/c4cccc(F)c4)CCC3=O)nc12. The van der Waals surface area contributed by atoms with Crippen LogP contribution in [0.25, 0.3) is 11.7 Å². The molecule has 2 amide bonds. The van der Waals surface area contributed by atoms with Crippen molar-refractivity contribution in [3.05, 3.63) is 77.5 Å². The van der Waals surface area contributed by atoms with Gasteiger partial charge in [-0.25, -0.2) is 9.37 Å². The van der Waals surface area contributed by atoms with Crippen molar-refractivity contribution < 1.29 is 14.0 Å². The minimum absolute atomic E-state index is 0.00758. The van der Waals surface area contributed by atoms with Crippen molar-refractivity contribution in [1.29, 1.82) is 0 Å². The number of hydrogen-bond acceptors (Lipinski definition) is 3. The topological polar surface area (TPSA) is 57.9 Å². The molecule has 30 heavy (non-hydrogen) atoms. The number of benzene rings is 1. The van der Waals surface area contributed by atoms with Crippen LogP contribution in [0.1, 0.15) is 23.2 Å². The summed E-state index contributed by atoms with van der Waals surface area (Å²) in [4.78, 5) is 33.2. The molecular weight excluding hydrogens is 383 g/mol. The Morgan fingerprint density at radius 1 is 1.20 bits per heavy atom. The maximum absolute atomic E-state index is 13.3. The third kappa shape index (κ3) is 4.40. The van der Waals surface area contributed by atoms with E-state index >= 15 is 0 Å². The van der Waals surface area contributed by atoms with Gasteiger partial charge in [0, 0.05) is 44.5 Å². The standard InChI is InChI=1S/C23H23FN4O2/c1-17-4-3-10-28-16-20(25-23(17)28)15-27-13-12-26(11-9-22(27)30)21(29)8-7-18-5-2-6-19(24)14-18/h2-8,10,14,16H,9,11-13,15H2,1H3/b8-7+. The van der Waals surface area contributed by atoms with Crippen molar-refractivity contribution in [2.75, 3.05) is 19.6 Å². The molecule has 154 valence electrons. The van der Waals surface area contributed by atoms with Crippen LogP contribution in [0.4, 0.5) is 4.39 Å². The van der Waals surface area contributed by atoms with Crippen molar-refractivity contribution in [2.24, 2.45) is 0 Å². The average Bonchev–Trinajstić information content (AvgIpc) is 3.06. The number of nitrogens with zero attached hydrogens (tertiary/aromatic N) is 4. The van der Waals surface area contributed by atoms with Gasteiger partial charge in [0.15, 0.2) is 0 Å². The van der Waals surface area contributed by atoms with E-state index in [0.29, 0.717) is 31.7 Å². The predicted molar refractivity (Wildman–Crippen MR) is 112 cm³/mol. The monoisotopic (exact) mass is 406 g/mol. The molecule has 7 heteroatoms.